The number of carbonyl (C=O) groups is 3. The van der Waals surface area contributed by atoms with Gasteiger partial charge in [0.25, 0.3) is 0 Å². The fraction of sp³-hybridized carbons (Fsp3) is 0.700. The molecular weight excluding hydrogens is 216 g/mol. The summed E-state index contributed by atoms with van der Waals surface area (Å²) < 4.78 is 0. The first-order valence-corrected chi connectivity index (χ1v) is 5.07. The van der Waals surface area contributed by atoms with Crippen molar-refractivity contribution in [3.05, 3.63) is 0 Å². The highest BCUT2D eigenvalue weighted by Gasteiger charge is 2.14. The lowest BCUT2D eigenvalue weighted by molar-refractivity contribution is -0.137. The van der Waals surface area contributed by atoms with Gasteiger partial charge >= 0.3 is 17.9 Å². The highest BCUT2D eigenvalue weighted by atomic mass is 16.4. The first-order chi connectivity index (χ1) is 7.41. The topological polar surface area (TPSA) is 112 Å². The Hall–Kier alpha value is -1.59. The van der Waals surface area contributed by atoms with E-state index in [1.165, 1.54) is 0 Å². The van der Waals surface area contributed by atoms with Crippen LogP contribution < -0.4 is 0 Å². The minimum Gasteiger partial charge on any atom is -0.481 e. The summed E-state index contributed by atoms with van der Waals surface area (Å²) in [7, 11) is 0. The Morgan fingerprint density at radius 3 is 1.12 bits per heavy atom. The Morgan fingerprint density at radius 2 is 0.938 bits per heavy atom. The van der Waals surface area contributed by atoms with Crippen LogP contribution in [0.15, 0.2) is 0 Å². The van der Waals surface area contributed by atoms with Gasteiger partial charge in [0.2, 0.25) is 0 Å². The van der Waals surface area contributed by atoms with Gasteiger partial charge in [0.15, 0.2) is 0 Å². The van der Waals surface area contributed by atoms with Crippen molar-refractivity contribution in [2.24, 2.45) is 5.92 Å². The Balaban J connectivity index is 3.98. The van der Waals surface area contributed by atoms with Crippen molar-refractivity contribution in [3.63, 3.8) is 0 Å². The summed E-state index contributed by atoms with van der Waals surface area (Å²) in [4.78, 5) is 31.0. The van der Waals surface area contributed by atoms with Gasteiger partial charge in [-0.2, -0.15) is 0 Å². The lowest BCUT2D eigenvalue weighted by Crippen LogP contribution is -2.09. The Bertz CT molecular complexity index is 217. The zero-order chi connectivity index (χ0) is 12.6. The zero-order valence-corrected chi connectivity index (χ0v) is 8.89. The van der Waals surface area contributed by atoms with E-state index >= 15 is 0 Å². The summed E-state index contributed by atoms with van der Waals surface area (Å²) in [5, 5.41) is 25.5. The molecule has 92 valence electrons. The van der Waals surface area contributed by atoms with Gasteiger partial charge in [0, 0.05) is 19.3 Å². The molecule has 0 unspecified atom stereocenters. The van der Waals surface area contributed by atoms with Crippen molar-refractivity contribution in [1.82, 2.24) is 0 Å². The maximum Gasteiger partial charge on any atom is 0.303 e. The first-order valence-electron chi connectivity index (χ1n) is 5.07. The van der Waals surface area contributed by atoms with E-state index in [0.29, 0.717) is 19.3 Å². The van der Waals surface area contributed by atoms with E-state index in [2.05, 4.69) is 0 Å². The van der Waals surface area contributed by atoms with Gasteiger partial charge in [-0.05, 0) is 25.2 Å². The Labute approximate surface area is 92.9 Å². The summed E-state index contributed by atoms with van der Waals surface area (Å²) in [6.45, 7) is 0. The van der Waals surface area contributed by atoms with Crippen LogP contribution in [-0.4, -0.2) is 33.2 Å². The van der Waals surface area contributed by atoms with E-state index < -0.39 is 17.9 Å². The third kappa shape index (κ3) is 8.98. The molecule has 0 aliphatic rings. The number of hydrogen-bond acceptors (Lipinski definition) is 3. The van der Waals surface area contributed by atoms with Crippen LogP contribution in [0.3, 0.4) is 0 Å². The number of hydrogen-bond donors (Lipinski definition) is 3. The minimum absolute atomic E-state index is 0.0517. The van der Waals surface area contributed by atoms with Crippen molar-refractivity contribution in [1.29, 1.82) is 0 Å². The molecule has 0 aromatic carbocycles. The molecule has 0 aliphatic carbocycles. The van der Waals surface area contributed by atoms with Crippen LogP contribution in [-0.2, 0) is 14.4 Å². The summed E-state index contributed by atoms with van der Waals surface area (Å²) in [6.07, 6.45) is 0.833. The molecular formula is C10H16O6. The third-order valence-electron chi connectivity index (χ3n) is 2.30. The van der Waals surface area contributed by atoms with E-state index in [4.69, 9.17) is 15.3 Å². The summed E-state index contributed by atoms with van der Waals surface area (Å²) in [5.74, 6) is -3.00. The maximum atomic E-state index is 10.3. The molecule has 0 aromatic heterocycles. The molecule has 0 atom stereocenters. The van der Waals surface area contributed by atoms with E-state index in [-0.39, 0.29) is 25.2 Å². The Morgan fingerprint density at radius 1 is 0.688 bits per heavy atom. The molecule has 0 rings (SSSR count). The molecule has 0 bridgehead atoms. The van der Waals surface area contributed by atoms with Gasteiger partial charge in [-0.15, -0.1) is 0 Å². The van der Waals surface area contributed by atoms with Crippen LogP contribution in [0.1, 0.15) is 38.5 Å². The summed E-state index contributed by atoms with van der Waals surface area (Å²) >= 11 is 0. The second-order valence-electron chi connectivity index (χ2n) is 3.66. The molecule has 0 saturated carbocycles. The molecule has 6 nitrogen and oxygen atoms in total. The largest absolute Gasteiger partial charge is 0.481 e. The molecule has 0 aliphatic heterocycles. The predicted molar refractivity (Wildman–Crippen MR) is 54.1 cm³/mol. The molecule has 0 fully saturated rings. The standard InChI is InChI=1S/C10H16O6/c11-8(12)4-1-7(2-5-9(13)14)3-6-10(15)16/h7H,1-6H2,(H,11,12)(H,13,14)(H,15,16). The van der Waals surface area contributed by atoms with Crippen LogP contribution in [0, 0.1) is 5.92 Å². The van der Waals surface area contributed by atoms with Crippen LogP contribution in [0.25, 0.3) is 0 Å². The maximum absolute atomic E-state index is 10.3. The van der Waals surface area contributed by atoms with Gasteiger partial charge in [0.05, 0.1) is 0 Å². The average Bonchev–Trinajstić information content (AvgIpc) is 2.15. The van der Waals surface area contributed by atoms with Crippen molar-refractivity contribution in [2.75, 3.05) is 0 Å². The van der Waals surface area contributed by atoms with Crippen molar-refractivity contribution < 1.29 is 29.7 Å². The number of aliphatic carboxylic acids is 3. The van der Waals surface area contributed by atoms with Gasteiger partial charge in [-0.25, -0.2) is 0 Å². The van der Waals surface area contributed by atoms with E-state index in [1.54, 1.807) is 0 Å². The fourth-order valence-corrected chi connectivity index (χ4v) is 1.42. The van der Waals surface area contributed by atoms with Crippen molar-refractivity contribution in [3.8, 4) is 0 Å². The Kier molecular flexibility index (Phi) is 6.91. The number of carboxylic acids is 3. The van der Waals surface area contributed by atoms with Gasteiger partial charge < -0.3 is 15.3 Å². The van der Waals surface area contributed by atoms with Gasteiger partial charge in [0.1, 0.15) is 0 Å². The molecule has 0 amide bonds. The summed E-state index contributed by atoms with van der Waals surface area (Å²) in [5.41, 5.74) is 0. The lowest BCUT2D eigenvalue weighted by Gasteiger charge is -2.13. The minimum atomic E-state index is -0.948. The van der Waals surface area contributed by atoms with Crippen LogP contribution >= 0.6 is 0 Å². The van der Waals surface area contributed by atoms with Gasteiger partial charge in [-0.1, -0.05) is 0 Å². The number of rotatable bonds is 9. The smallest absolute Gasteiger partial charge is 0.303 e. The zero-order valence-electron chi connectivity index (χ0n) is 8.89. The average molecular weight is 232 g/mol. The molecule has 0 saturated heterocycles. The highest BCUT2D eigenvalue weighted by Crippen LogP contribution is 2.19. The molecule has 6 heteroatoms. The number of carboxylic acid groups (broad SMARTS) is 3. The van der Waals surface area contributed by atoms with Gasteiger partial charge in [-0.3, -0.25) is 14.4 Å². The first kappa shape index (κ1) is 14.4. The normalized spacial score (nSPS) is 10.3. The van der Waals surface area contributed by atoms with E-state index in [0.717, 1.165) is 0 Å². The highest BCUT2D eigenvalue weighted by molar-refractivity contribution is 5.68. The molecule has 3 N–H and O–H groups in total. The SMILES string of the molecule is O=C(O)CCC(CCC(=O)O)CCC(=O)O. The van der Waals surface area contributed by atoms with E-state index in [1.807, 2.05) is 0 Å². The molecule has 0 radical (unpaired) electrons. The molecule has 0 aromatic rings. The fourth-order valence-electron chi connectivity index (χ4n) is 1.42. The van der Waals surface area contributed by atoms with Crippen LogP contribution in [0.4, 0.5) is 0 Å². The molecule has 0 heterocycles. The monoisotopic (exact) mass is 232 g/mol. The van der Waals surface area contributed by atoms with Crippen LogP contribution in [0.2, 0.25) is 0 Å². The molecule has 0 spiro atoms. The predicted octanol–water partition coefficient (Wildman–Crippen LogP) is 1.20. The second-order valence-corrected chi connectivity index (χ2v) is 3.66. The van der Waals surface area contributed by atoms with Crippen molar-refractivity contribution in [2.45, 2.75) is 38.5 Å². The second kappa shape index (κ2) is 7.67. The third-order valence-corrected chi connectivity index (χ3v) is 2.30. The lowest BCUT2D eigenvalue weighted by atomic mass is 9.93. The molecule has 16 heavy (non-hydrogen) atoms. The quantitative estimate of drug-likeness (QED) is 0.550. The van der Waals surface area contributed by atoms with Crippen molar-refractivity contribution >= 4 is 17.9 Å². The van der Waals surface area contributed by atoms with Crippen LogP contribution in [0.5, 0.6) is 0 Å². The summed E-state index contributed by atoms with van der Waals surface area (Å²) in [6, 6.07) is 0. The van der Waals surface area contributed by atoms with E-state index in [9.17, 15) is 14.4 Å².